The largest absolute Gasteiger partial charge is 0.394 e. The summed E-state index contributed by atoms with van der Waals surface area (Å²) >= 11 is 0. The smallest absolute Gasteiger partial charge is 0.225 e. The van der Waals surface area contributed by atoms with Crippen LogP contribution in [-0.4, -0.2) is 34.3 Å². The first-order valence-corrected chi connectivity index (χ1v) is 9.17. The van der Waals surface area contributed by atoms with Gasteiger partial charge in [-0.25, -0.2) is 4.98 Å². The molecular weight excluding hydrogens is 312 g/mol. The zero-order valence-corrected chi connectivity index (χ0v) is 15.4. The van der Waals surface area contributed by atoms with Crippen molar-refractivity contribution in [1.82, 2.24) is 9.97 Å². The molecule has 25 heavy (non-hydrogen) atoms. The molecular formula is C20H28N4O. The van der Waals surface area contributed by atoms with Gasteiger partial charge < -0.3 is 15.3 Å². The van der Waals surface area contributed by atoms with Gasteiger partial charge in [-0.1, -0.05) is 45.0 Å². The van der Waals surface area contributed by atoms with E-state index >= 15 is 0 Å². The first kappa shape index (κ1) is 17.7. The molecule has 0 spiro atoms. The number of nitrogens with one attached hydrogen (secondary N) is 1. The zero-order chi connectivity index (χ0) is 17.8. The number of anilines is 2. The van der Waals surface area contributed by atoms with Gasteiger partial charge >= 0.3 is 0 Å². The maximum absolute atomic E-state index is 9.58. The van der Waals surface area contributed by atoms with Crippen molar-refractivity contribution in [2.45, 2.75) is 46.2 Å². The topological polar surface area (TPSA) is 61.3 Å². The summed E-state index contributed by atoms with van der Waals surface area (Å²) in [7, 11) is 0. The first-order chi connectivity index (χ1) is 12.1. The summed E-state index contributed by atoms with van der Waals surface area (Å²) in [5.74, 6) is 1.88. The number of rotatable bonds is 6. The standard InChI is InChI=1S/C20H28N4O/c1-4-17-11-19(23-20(21-17)22-18(13-25)14(2)3)24-10-9-15-7-5-6-8-16(15)12-24/h5-8,11,14,18,25H,4,9-10,12-13H2,1-3H3,(H,21,22,23)/t18-/m1/s1. The van der Waals surface area contributed by atoms with E-state index in [0.717, 1.165) is 37.4 Å². The molecule has 2 N–H and O–H groups in total. The van der Waals surface area contributed by atoms with Crippen molar-refractivity contribution in [1.29, 1.82) is 0 Å². The Hall–Kier alpha value is -2.14. The second-order valence-electron chi connectivity index (χ2n) is 7.01. The molecule has 0 saturated heterocycles. The van der Waals surface area contributed by atoms with Crippen molar-refractivity contribution in [2.75, 3.05) is 23.4 Å². The molecule has 0 fully saturated rings. The normalized spacial score (nSPS) is 15.2. The van der Waals surface area contributed by atoms with Gasteiger partial charge in [-0.15, -0.1) is 0 Å². The predicted octanol–water partition coefficient (Wildman–Crippen LogP) is 3.03. The Bertz CT molecular complexity index is 717. The number of aliphatic hydroxyl groups excluding tert-OH is 1. The number of hydrogen-bond donors (Lipinski definition) is 2. The van der Waals surface area contributed by atoms with E-state index in [9.17, 15) is 5.11 Å². The van der Waals surface area contributed by atoms with E-state index in [-0.39, 0.29) is 12.6 Å². The van der Waals surface area contributed by atoms with E-state index < -0.39 is 0 Å². The fourth-order valence-electron chi connectivity index (χ4n) is 3.17. The summed E-state index contributed by atoms with van der Waals surface area (Å²) in [5, 5.41) is 12.9. The Balaban J connectivity index is 1.85. The van der Waals surface area contributed by atoms with E-state index in [2.05, 4.69) is 66.3 Å². The molecule has 1 atom stereocenters. The summed E-state index contributed by atoms with van der Waals surface area (Å²) in [6, 6.07) is 10.7. The molecule has 1 aromatic carbocycles. The SMILES string of the molecule is CCc1cc(N2CCc3ccccc3C2)nc(N[C@H](CO)C(C)C)n1. The van der Waals surface area contributed by atoms with Crippen molar-refractivity contribution >= 4 is 11.8 Å². The van der Waals surface area contributed by atoms with Crippen molar-refractivity contribution in [3.8, 4) is 0 Å². The van der Waals surface area contributed by atoms with E-state index in [4.69, 9.17) is 4.98 Å². The van der Waals surface area contributed by atoms with Gasteiger partial charge in [0.05, 0.1) is 12.6 Å². The van der Waals surface area contributed by atoms with E-state index in [0.29, 0.717) is 11.9 Å². The van der Waals surface area contributed by atoms with Crippen LogP contribution in [0.25, 0.3) is 0 Å². The minimum absolute atomic E-state index is 0.0398. The molecule has 5 heteroatoms. The Kier molecular flexibility index (Phi) is 5.53. The second kappa shape index (κ2) is 7.83. The van der Waals surface area contributed by atoms with Crippen LogP contribution in [0.1, 0.15) is 37.6 Å². The molecule has 134 valence electrons. The van der Waals surface area contributed by atoms with Gasteiger partial charge in [0.15, 0.2) is 0 Å². The Morgan fingerprint density at radius 2 is 1.96 bits per heavy atom. The highest BCUT2D eigenvalue weighted by molar-refractivity contribution is 5.48. The van der Waals surface area contributed by atoms with Gasteiger partial charge in [0.2, 0.25) is 5.95 Å². The van der Waals surface area contributed by atoms with Gasteiger partial charge in [-0.05, 0) is 29.9 Å². The maximum atomic E-state index is 9.58. The molecule has 0 radical (unpaired) electrons. The fourth-order valence-corrected chi connectivity index (χ4v) is 3.17. The summed E-state index contributed by atoms with van der Waals surface area (Å²) < 4.78 is 0. The third-order valence-corrected chi connectivity index (χ3v) is 4.90. The molecule has 3 rings (SSSR count). The van der Waals surface area contributed by atoms with Crippen LogP contribution in [0.2, 0.25) is 0 Å². The quantitative estimate of drug-likeness (QED) is 0.846. The number of aliphatic hydroxyl groups is 1. The highest BCUT2D eigenvalue weighted by atomic mass is 16.3. The second-order valence-corrected chi connectivity index (χ2v) is 7.01. The summed E-state index contributed by atoms with van der Waals surface area (Å²) in [6.07, 6.45) is 1.90. The monoisotopic (exact) mass is 340 g/mol. The molecule has 0 aliphatic carbocycles. The number of fused-ring (bicyclic) bond motifs is 1. The third kappa shape index (κ3) is 4.10. The van der Waals surface area contributed by atoms with Crippen molar-refractivity contribution in [2.24, 2.45) is 5.92 Å². The summed E-state index contributed by atoms with van der Waals surface area (Å²) in [6.45, 7) is 8.19. The highest BCUT2D eigenvalue weighted by Crippen LogP contribution is 2.24. The molecule has 1 aromatic heterocycles. The Morgan fingerprint density at radius 1 is 1.20 bits per heavy atom. The van der Waals surface area contributed by atoms with Gasteiger partial charge in [-0.2, -0.15) is 4.98 Å². The Morgan fingerprint density at radius 3 is 2.64 bits per heavy atom. The minimum atomic E-state index is -0.0398. The van der Waals surface area contributed by atoms with Crippen LogP contribution in [0.5, 0.6) is 0 Å². The molecule has 2 heterocycles. The van der Waals surface area contributed by atoms with Gasteiger partial charge in [-0.3, -0.25) is 0 Å². The Labute approximate surface area is 150 Å². The average Bonchev–Trinajstić information content (AvgIpc) is 2.65. The number of hydrogen-bond acceptors (Lipinski definition) is 5. The lowest BCUT2D eigenvalue weighted by atomic mass is 10.00. The fraction of sp³-hybridized carbons (Fsp3) is 0.500. The zero-order valence-electron chi connectivity index (χ0n) is 15.4. The van der Waals surface area contributed by atoms with E-state index in [1.165, 1.54) is 11.1 Å². The number of aromatic nitrogens is 2. The lowest BCUT2D eigenvalue weighted by molar-refractivity contribution is 0.248. The van der Waals surface area contributed by atoms with Gasteiger partial charge in [0.25, 0.3) is 0 Å². The van der Waals surface area contributed by atoms with Gasteiger partial charge in [0, 0.05) is 24.8 Å². The summed E-state index contributed by atoms with van der Waals surface area (Å²) in [4.78, 5) is 11.7. The summed E-state index contributed by atoms with van der Waals surface area (Å²) in [5.41, 5.74) is 3.82. The number of benzene rings is 1. The predicted molar refractivity (Wildman–Crippen MR) is 102 cm³/mol. The van der Waals surface area contributed by atoms with Crippen molar-refractivity contribution in [3.05, 3.63) is 47.2 Å². The van der Waals surface area contributed by atoms with Crippen LogP contribution in [0.3, 0.4) is 0 Å². The molecule has 0 saturated carbocycles. The van der Waals surface area contributed by atoms with E-state index in [1.54, 1.807) is 0 Å². The highest BCUT2D eigenvalue weighted by Gasteiger charge is 2.19. The molecule has 0 bridgehead atoms. The van der Waals surface area contributed by atoms with Crippen LogP contribution in [0.15, 0.2) is 30.3 Å². The van der Waals surface area contributed by atoms with Crippen molar-refractivity contribution < 1.29 is 5.11 Å². The van der Waals surface area contributed by atoms with E-state index in [1.807, 2.05) is 0 Å². The number of nitrogens with zero attached hydrogens (tertiary/aromatic N) is 3. The maximum Gasteiger partial charge on any atom is 0.225 e. The van der Waals surface area contributed by atoms with Gasteiger partial charge in [0.1, 0.15) is 5.82 Å². The molecule has 0 amide bonds. The van der Waals surface area contributed by atoms with Crippen LogP contribution < -0.4 is 10.2 Å². The molecule has 1 aliphatic rings. The lowest BCUT2D eigenvalue weighted by Gasteiger charge is -2.30. The third-order valence-electron chi connectivity index (χ3n) is 4.90. The van der Waals surface area contributed by atoms with Crippen LogP contribution in [-0.2, 0) is 19.4 Å². The number of aryl methyl sites for hydroxylation is 1. The van der Waals surface area contributed by atoms with Crippen LogP contribution >= 0.6 is 0 Å². The first-order valence-electron chi connectivity index (χ1n) is 9.17. The molecule has 1 aliphatic heterocycles. The lowest BCUT2D eigenvalue weighted by Crippen LogP contribution is -2.33. The molecule has 5 nitrogen and oxygen atoms in total. The molecule has 0 unspecified atom stereocenters. The minimum Gasteiger partial charge on any atom is -0.394 e. The molecule has 2 aromatic rings. The van der Waals surface area contributed by atoms with Crippen molar-refractivity contribution in [3.63, 3.8) is 0 Å². The van der Waals surface area contributed by atoms with Crippen LogP contribution in [0, 0.1) is 5.92 Å². The van der Waals surface area contributed by atoms with Crippen LogP contribution in [0.4, 0.5) is 11.8 Å². The average molecular weight is 340 g/mol.